The lowest BCUT2D eigenvalue weighted by Crippen LogP contribution is -2.22. The van der Waals surface area contributed by atoms with Gasteiger partial charge >= 0.3 is 0 Å². The molecule has 6 nitrogen and oxygen atoms in total. The Morgan fingerprint density at radius 1 is 1.18 bits per heavy atom. The van der Waals surface area contributed by atoms with E-state index in [4.69, 9.17) is 4.74 Å². The summed E-state index contributed by atoms with van der Waals surface area (Å²) in [6.45, 7) is 0.284. The van der Waals surface area contributed by atoms with Gasteiger partial charge in [-0.25, -0.2) is 13.9 Å². The van der Waals surface area contributed by atoms with Crippen molar-refractivity contribution in [3.05, 3.63) is 83.9 Å². The summed E-state index contributed by atoms with van der Waals surface area (Å²) >= 11 is 0. The first-order valence-corrected chi connectivity index (χ1v) is 8.65. The molecule has 4 rings (SSSR count). The highest BCUT2D eigenvalue weighted by Crippen LogP contribution is 2.24. The van der Waals surface area contributed by atoms with Gasteiger partial charge in [0, 0.05) is 18.3 Å². The summed E-state index contributed by atoms with van der Waals surface area (Å²) in [5, 5.41) is 7.16. The van der Waals surface area contributed by atoms with Crippen molar-refractivity contribution in [3.63, 3.8) is 0 Å². The zero-order chi connectivity index (χ0) is 19.5. The quantitative estimate of drug-likeness (QED) is 0.579. The van der Waals surface area contributed by atoms with Gasteiger partial charge in [-0.15, -0.1) is 0 Å². The second-order valence-electron chi connectivity index (χ2n) is 6.16. The molecule has 0 bridgehead atoms. The van der Waals surface area contributed by atoms with Gasteiger partial charge in [0.1, 0.15) is 17.1 Å². The monoisotopic (exact) mass is 376 g/mol. The van der Waals surface area contributed by atoms with Gasteiger partial charge < -0.3 is 10.1 Å². The fourth-order valence-electron chi connectivity index (χ4n) is 2.93. The van der Waals surface area contributed by atoms with Crippen LogP contribution in [-0.4, -0.2) is 27.6 Å². The minimum atomic E-state index is -0.313. The van der Waals surface area contributed by atoms with Crippen molar-refractivity contribution in [3.8, 4) is 17.0 Å². The number of hydrogen-bond acceptors (Lipinski definition) is 4. The molecule has 0 radical (unpaired) electrons. The highest BCUT2D eigenvalue weighted by Gasteiger charge is 2.16. The number of fused-ring (bicyclic) bond motifs is 1. The summed E-state index contributed by atoms with van der Waals surface area (Å²) in [6, 6.07) is 15.4. The first kappa shape index (κ1) is 17.7. The Hall–Kier alpha value is -3.74. The van der Waals surface area contributed by atoms with Gasteiger partial charge in [0.25, 0.3) is 5.91 Å². The first-order valence-electron chi connectivity index (χ1n) is 8.65. The SMILES string of the molecule is COc1cccc(-c2ccnc3c(C(=O)NCc4ccc(F)cc4)cnn23)c1. The summed E-state index contributed by atoms with van der Waals surface area (Å²) in [4.78, 5) is 16.9. The molecule has 1 amide bonds. The molecule has 0 atom stereocenters. The molecule has 140 valence electrons. The molecular formula is C21H17FN4O2. The zero-order valence-corrected chi connectivity index (χ0v) is 15.1. The van der Waals surface area contributed by atoms with Crippen molar-refractivity contribution in [2.24, 2.45) is 0 Å². The van der Waals surface area contributed by atoms with Gasteiger partial charge in [0.15, 0.2) is 5.65 Å². The molecule has 0 unspecified atom stereocenters. The number of amides is 1. The Balaban J connectivity index is 1.62. The van der Waals surface area contributed by atoms with Crippen molar-refractivity contribution in [1.82, 2.24) is 19.9 Å². The molecule has 0 aliphatic heterocycles. The zero-order valence-electron chi connectivity index (χ0n) is 15.1. The van der Waals surface area contributed by atoms with Crippen LogP contribution in [0, 0.1) is 5.82 Å². The highest BCUT2D eigenvalue weighted by atomic mass is 19.1. The van der Waals surface area contributed by atoms with E-state index in [0.29, 0.717) is 11.2 Å². The van der Waals surface area contributed by atoms with Gasteiger partial charge in [-0.3, -0.25) is 4.79 Å². The van der Waals surface area contributed by atoms with E-state index >= 15 is 0 Å². The van der Waals surface area contributed by atoms with Crippen LogP contribution in [0.3, 0.4) is 0 Å². The molecule has 7 heteroatoms. The van der Waals surface area contributed by atoms with Gasteiger partial charge in [0.05, 0.1) is 19.0 Å². The molecular weight excluding hydrogens is 359 g/mol. The number of carbonyl (C=O) groups is 1. The van der Waals surface area contributed by atoms with Crippen LogP contribution < -0.4 is 10.1 Å². The molecule has 0 fully saturated rings. The minimum absolute atomic E-state index is 0.284. The number of methoxy groups -OCH3 is 1. The second-order valence-corrected chi connectivity index (χ2v) is 6.16. The first-order chi connectivity index (χ1) is 13.7. The van der Waals surface area contributed by atoms with E-state index in [2.05, 4.69) is 15.4 Å². The van der Waals surface area contributed by atoms with Gasteiger partial charge in [-0.2, -0.15) is 5.10 Å². The van der Waals surface area contributed by atoms with Gasteiger partial charge in [-0.1, -0.05) is 24.3 Å². The Bertz CT molecular complexity index is 1140. The molecule has 2 aromatic carbocycles. The second kappa shape index (κ2) is 7.48. The highest BCUT2D eigenvalue weighted by molar-refractivity contribution is 5.99. The molecule has 0 aliphatic rings. The topological polar surface area (TPSA) is 68.5 Å². The van der Waals surface area contributed by atoms with Crippen LogP contribution in [0.5, 0.6) is 5.75 Å². The van der Waals surface area contributed by atoms with Crippen molar-refractivity contribution in [1.29, 1.82) is 0 Å². The van der Waals surface area contributed by atoms with Gasteiger partial charge in [0.2, 0.25) is 0 Å². The predicted octanol–water partition coefficient (Wildman–Crippen LogP) is 3.47. The lowest BCUT2D eigenvalue weighted by Gasteiger charge is -2.07. The Morgan fingerprint density at radius 3 is 2.79 bits per heavy atom. The van der Waals surface area contributed by atoms with E-state index in [1.807, 2.05) is 30.3 Å². The van der Waals surface area contributed by atoms with Crippen LogP contribution in [0.15, 0.2) is 67.0 Å². The number of carbonyl (C=O) groups excluding carboxylic acids is 1. The third kappa shape index (κ3) is 3.42. The number of ether oxygens (including phenoxy) is 1. The third-order valence-corrected chi connectivity index (χ3v) is 4.38. The van der Waals surface area contributed by atoms with E-state index in [1.54, 1.807) is 30.0 Å². The number of nitrogens with one attached hydrogen (secondary N) is 1. The van der Waals surface area contributed by atoms with Crippen LogP contribution in [0.2, 0.25) is 0 Å². The average Bonchev–Trinajstić information content (AvgIpc) is 3.17. The summed E-state index contributed by atoms with van der Waals surface area (Å²) in [5.74, 6) is 0.119. The summed E-state index contributed by atoms with van der Waals surface area (Å²) in [5.41, 5.74) is 3.31. The van der Waals surface area contributed by atoms with E-state index in [1.165, 1.54) is 18.3 Å². The summed E-state index contributed by atoms with van der Waals surface area (Å²) in [6.07, 6.45) is 3.13. The number of halogens is 1. The van der Waals surface area contributed by atoms with E-state index < -0.39 is 0 Å². The van der Waals surface area contributed by atoms with Crippen LogP contribution in [0.25, 0.3) is 16.9 Å². The summed E-state index contributed by atoms with van der Waals surface area (Å²) < 4.78 is 19.9. The average molecular weight is 376 g/mol. The Labute approximate surface area is 160 Å². The van der Waals surface area contributed by atoms with E-state index in [-0.39, 0.29) is 18.3 Å². The summed E-state index contributed by atoms with van der Waals surface area (Å²) in [7, 11) is 1.61. The number of rotatable bonds is 5. The molecule has 0 aliphatic carbocycles. The molecule has 0 saturated heterocycles. The molecule has 0 saturated carbocycles. The van der Waals surface area contributed by atoms with Crippen LogP contribution in [-0.2, 0) is 6.54 Å². The van der Waals surface area contributed by atoms with Gasteiger partial charge in [-0.05, 0) is 35.9 Å². The van der Waals surface area contributed by atoms with Crippen molar-refractivity contribution < 1.29 is 13.9 Å². The standard InChI is InChI=1S/C21H17FN4O2/c1-28-17-4-2-3-15(11-17)19-9-10-23-20-18(13-25-26(19)20)21(27)24-12-14-5-7-16(22)8-6-14/h2-11,13H,12H2,1H3,(H,24,27). The molecule has 0 spiro atoms. The van der Waals surface area contributed by atoms with Crippen molar-refractivity contribution in [2.45, 2.75) is 6.54 Å². The smallest absolute Gasteiger partial charge is 0.257 e. The normalized spacial score (nSPS) is 10.8. The van der Waals surface area contributed by atoms with E-state index in [9.17, 15) is 9.18 Å². The Kier molecular flexibility index (Phi) is 4.72. The van der Waals surface area contributed by atoms with Crippen LogP contribution >= 0.6 is 0 Å². The maximum absolute atomic E-state index is 13.0. The lowest BCUT2D eigenvalue weighted by atomic mass is 10.1. The molecule has 2 heterocycles. The van der Waals surface area contributed by atoms with Crippen LogP contribution in [0.1, 0.15) is 15.9 Å². The number of benzene rings is 2. The van der Waals surface area contributed by atoms with Crippen molar-refractivity contribution in [2.75, 3.05) is 7.11 Å². The third-order valence-electron chi connectivity index (χ3n) is 4.38. The largest absolute Gasteiger partial charge is 0.497 e. The number of aromatic nitrogens is 3. The molecule has 1 N–H and O–H groups in total. The van der Waals surface area contributed by atoms with Crippen molar-refractivity contribution >= 4 is 11.6 Å². The maximum atomic E-state index is 13.0. The van der Waals surface area contributed by atoms with E-state index in [0.717, 1.165) is 22.6 Å². The molecule has 4 aromatic rings. The Morgan fingerprint density at radius 2 is 2.00 bits per heavy atom. The minimum Gasteiger partial charge on any atom is -0.497 e. The predicted molar refractivity (Wildman–Crippen MR) is 103 cm³/mol. The van der Waals surface area contributed by atoms with Crippen LogP contribution in [0.4, 0.5) is 4.39 Å². The number of nitrogens with zero attached hydrogens (tertiary/aromatic N) is 3. The number of hydrogen-bond donors (Lipinski definition) is 1. The lowest BCUT2D eigenvalue weighted by molar-refractivity contribution is 0.0952. The fourth-order valence-corrected chi connectivity index (χ4v) is 2.93. The fraction of sp³-hybridized carbons (Fsp3) is 0.0952. The maximum Gasteiger partial charge on any atom is 0.257 e. The molecule has 28 heavy (non-hydrogen) atoms. The molecule has 2 aromatic heterocycles.